The maximum Gasteiger partial charge on any atom is 0.259 e. The molecule has 1 amide bonds. The quantitative estimate of drug-likeness (QED) is 0.618. The van der Waals surface area contributed by atoms with Crippen molar-refractivity contribution in [3.8, 4) is 0 Å². The van der Waals surface area contributed by atoms with Crippen LogP contribution in [0.3, 0.4) is 0 Å². The zero-order chi connectivity index (χ0) is 16.5. The first-order valence-corrected chi connectivity index (χ1v) is 8.45. The Labute approximate surface area is 146 Å². The average molecular weight is 358 g/mol. The lowest BCUT2D eigenvalue weighted by Gasteiger charge is -2.12. The Kier molecular flexibility index (Phi) is 3.79. The molecule has 0 radical (unpaired) electrons. The predicted molar refractivity (Wildman–Crippen MR) is 95.7 cm³/mol. The van der Waals surface area contributed by atoms with Crippen LogP contribution in [0, 0.1) is 0 Å². The Balaban J connectivity index is 1.60. The average Bonchev–Trinajstić information content (AvgIpc) is 3.24. The van der Waals surface area contributed by atoms with E-state index in [1.165, 1.54) is 11.3 Å². The lowest BCUT2D eigenvalue weighted by molar-refractivity contribution is 0.102. The SMILES string of the molecule is O=C(Nc1nccs1)c1cccc2c1NC(c1ccc(Cl)nc1)N2. The molecule has 1 aliphatic heterocycles. The van der Waals surface area contributed by atoms with Crippen molar-refractivity contribution in [1.82, 2.24) is 9.97 Å². The molecular weight excluding hydrogens is 346 g/mol. The van der Waals surface area contributed by atoms with Gasteiger partial charge in [0.1, 0.15) is 11.3 Å². The summed E-state index contributed by atoms with van der Waals surface area (Å²) >= 11 is 7.21. The summed E-state index contributed by atoms with van der Waals surface area (Å²) in [6, 6.07) is 9.16. The number of para-hydroxylation sites is 1. The Morgan fingerprint density at radius 1 is 1.21 bits per heavy atom. The fourth-order valence-electron chi connectivity index (χ4n) is 2.53. The van der Waals surface area contributed by atoms with Crippen LogP contribution in [-0.4, -0.2) is 15.9 Å². The van der Waals surface area contributed by atoms with Gasteiger partial charge in [-0.15, -0.1) is 11.3 Å². The predicted octanol–water partition coefficient (Wildman–Crippen LogP) is 3.98. The number of carbonyl (C=O) groups excluding carboxylic acids is 1. The second-order valence-electron chi connectivity index (χ2n) is 5.16. The van der Waals surface area contributed by atoms with Crippen LogP contribution in [0.2, 0.25) is 5.15 Å². The van der Waals surface area contributed by atoms with Gasteiger partial charge in [-0.05, 0) is 18.2 Å². The van der Waals surface area contributed by atoms with E-state index >= 15 is 0 Å². The molecule has 24 heavy (non-hydrogen) atoms. The monoisotopic (exact) mass is 357 g/mol. The molecule has 0 aliphatic carbocycles. The second-order valence-corrected chi connectivity index (χ2v) is 6.44. The van der Waals surface area contributed by atoms with Crippen molar-refractivity contribution in [3.63, 3.8) is 0 Å². The number of halogens is 1. The van der Waals surface area contributed by atoms with E-state index in [1.807, 2.05) is 23.6 Å². The minimum Gasteiger partial charge on any atom is -0.360 e. The van der Waals surface area contributed by atoms with E-state index in [2.05, 4.69) is 25.9 Å². The molecule has 2 aromatic heterocycles. The highest BCUT2D eigenvalue weighted by atomic mass is 35.5. The molecule has 6 nitrogen and oxygen atoms in total. The number of nitrogens with zero attached hydrogens (tertiary/aromatic N) is 2. The first-order chi connectivity index (χ1) is 11.7. The number of hydrogen-bond acceptors (Lipinski definition) is 6. The van der Waals surface area contributed by atoms with E-state index in [4.69, 9.17) is 11.6 Å². The number of thiazole rings is 1. The molecule has 0 spiro atoms. The molecule has 120 valence electrons. The normalized spacial score (nSPS) is 15.3. The van der Waals surface area contributed by atoms with Crippen LogP contribution < -0.4 is 16.0 Å². The van der Waals surface area contributed by atoms with Crippen LogP contribution in [0.4, 0.5) is 16.5 Å². The minimum absolute atomic E-state index is 0.168. The number of pyridine rings is 1. The molecule has 0 bridgehead atoms. The molecule has 3 aromatic rings. The van der Waals surface area contributed by atoms with Crippen molar-refractivity contribution in [2.75, 3.05) is 16.0 Å². The number of hydrogen-bond donors (Lipinski definition) is 3. The zero-order valence-corrected chi connectivity index (χ0v) is 13.9. The molecule has 0 saturated heterocycles. The summed E-state index contributed by atoms with van der Waals surface area (Å²) in [5.41, 5.74) is 3.11. The number of aromatic nitrogens is 2. The van der Waals surface area contributed by atoms with Gasteiger partial charge in [0, 0.05) is 23.3 Å². The lowest BCUT2D eigenvalue weighted by atomic mass is 10.1. The maximum absolute atomic E-state index is 12.5. The first kappa shape index (κ1) is 14.9. The summed E-state index contributed by atoms with van der Waals surface area (Å²) in [7, 11) is 0. The topological polar surface area (TPSA) is 78.9 Å². The third-order valence-corrected chi connectivity index (χ3v) is 4.55. The van der Waals surface area contributed by atoms with Gasteiger partial charge in [-0.25, -0.2) is 9.97 Å². The number of benzene rings is 1. The summed E-state index contributed by atoms with van der Waals surface area (Å²) in [6.07, 6.45) is 3.19. The highest BCUT2D eigenvalue weighted by Gasteiger charge is 2.26. The lowest BCUT2D eigenvalue weighted by Crippen LogP contribution is -2.15. The number of rotatable bonds is 3. The van der Waals surface area contributed by atoms with Gasteiger partial charge in [0.15, 0.2) is 5.13 Å². The second kappa shape index (κ2) is 6.10. The third kappa shape index (κ3) is 2.79. The van der Waals surface area contributed by atoms with E-state index in [1.54, 1.807) is 24.5 Å². The minimum atomic E-state index is -0.203. The smallest absolute Gasteiger partial charge is 0.259 e. The van der Waals surface area contributed by atoms with Gasteiger partial charge in [0.05, 0.1) is 16.9 Å². The van der Waals surface area contributed by atoms with Crippen LogP contribution in [0.15, 0.2) is 48.1 Å². The summed E-state index contributed by atoms with van der Waals surface area (Å²) in [5.74, 6) is -0.203. The first-order valence-electron chi connectivity index (χ1n) is 7.19. The van der Waals surface area contributed by atoms with E-state index in [-0.39, 0.29) is 12.1 Å². The molecular formula is C16H12ClN5OS. The molecule has 3 N–H and O–H groups in total. The molecule has 4 rings (SSSR count). The standard InChI is InChI=1S/C16H12ClN5OS/c17-12-5-4-9(8-19-12)14-20-11-3-1-2-10(13(11)21-14)15(23)22-16-18-6-7-24-16/h1-8,14,20-21H,(H,18,22,23). The van der Waals surface area contributed by atoms with Crippen molar-refractivity contribution in [2.24, 2.45) is 0 Å². The maximum atomic E-state index is 12.5. The molecule has 8 heteroatoms. The number of amides is 1. The van der Waals surface area contributed by atoms with Gasteiger partial charge in [0.25, 0.3) is 5.91 Å². The van der Waals surface area contributed by atoms with Crippen molar-refractivity contribution in [1.29, 1.82) is 0 Å². The highest BCUT2D eigenvalue weighted by Crippen LogP contribution is 2.38. The van der Waals surface area contributed by atoms with Crippen molar-refractivity contribution in [2.45, 2.75) is 6.17 Å². The van der Waals surface area contributed by atoms with Gasteiger partial charge >= 0.3 is 0 Å². The molecule has 1 aromatic carbocycles. The largest absolute Gasteiger partial charge is 0.360 e. The summed E-state index contributed by atoms with van der Waals surface area (Å²) < 4.78 is 0. The fraction of sp³-hybridized carbons (Fsp3) is 0.0625. The number of carbonyl (C=O) groups is 1. The number of nitrogens with one attached hydrogen (secondary N) is 3. The van der Waals surface area contributed by atoms with Gasteiger partial charge in [0.2, 0.25) is 0 Å². The molecule has 0 fully saturated rings. The fourth-order valence-corrected chi connectivity index (χ4v) is 3.16. The van der Waals surface area contributed by atoms with E-state index < -0.39 is 0 Å². The van der Waals surface area contributed by atoms with Crippen LogP contribution in [0.25, 0.3) is 0 Å². The molecule has 0 saturated carbocycles. The van der Waals surface area contributed by atoms with Crippen LogP contribution >= 0.6 is 22.9 Å². The van der Waals surface area contributed by atoms with Crippen LogP contribution in [-0.2, 0) is 0 Å². The van der Waals surface area contributed by atoms with E-state index in [9.17, 15) is 4.79 Å². The van der Waals surface area contributed by atoms with Gasteiger partial charge in [-0.3, -0.25) is 10.1 Å². The van der Waals surface area contributed by atoms with Gasteiger partial charge < -0.3 is 10.6 Å². The Morgan fingerprint density at radius 3 is 2.88 bits per heavy atom. The van der Waals surface area contributed by atoms with E-state index in [0.717, 1.165) is 16.9 Å². The third-order valence-electron chi connectivity index (χ3n) is 3.63. The molecule has 1 aliphatic rings. The van der Waals surface area contributed by atoms with Crippen LogP contribution in [0.5, 0.6) is 0 Å². The number of anilines is 3. The van der Waals surface area contributed by atoms with E-state index in [0.29, 0.717) is 15.8 Å². The molecule has 1 atom stereocenters. The highest BCUT2D eigenvalue weighted by molar-refractivity contribution is 7.13. The summed E-state index contributed by atoms with van der Waals surface area (Å²) in [6.45, 7) is 0. The Hall–Kier alpha value is -2.64. The zero-order valence-electron chi connectivity index (χ0n) is 12.3. The summed E-state index contributed by atoms with van der Waals surface area (Å²) in [5, 5.41) is 12.3. The van der Waals surface area contributed by atoms with Crippen molar-refractivity contribution < 1.29 is 4.79 Å². The molecule has 1 unspecified atom stereocenters. The van der Waals surface area contributed by atoms with Crippen molar-refractivity contribution in [3.05, 3.63) is 64.4 Å². The van der Waals surface area contributed by atoms with Gasteiger partial charge in [-0.2, -0.15) is 0 Å². The summed E-state index contributed by atoms with van der Waals surface area (Å²) in [4.78, 5) is 20.7. The molecule has 3 heterocycles. The van der Waals surface area contributed by atoms with Crippen LogP contribution in [0.1, 0.15) is 22.1 Å². The Morgan fingerprint density at radius 2 is 2.12 bits per heavy atom. The van der Waals surface area contributed by atoms with Gasteiger partial charge in [-0.1, -0.05) is 23.7 Å². The van der Waals surface area contributed by atoms with Crippen molar-refractivity contribution >= 4 is 45.4 Å². The number of fused-ring (bicyclic) bond motifs is 1. The Bertz CT molecular complexity index is 882.